The number of hydrogen-bond donors (Lipinski definition) is 2. The molecule has 5 aromatic rings. The van der Waals surface area contributed by atoms with Crippen molar-refractivity contribution in [2.75, 3.05) is 11.9 Å². The van der Waals surface area contributed by atoms with Gasteiger partial charge in [-0.1, -0.05) is 71.9 Å². The highest BCUT2D eigenvalue weighted by atomic mass is 32.2. The molecule has 0 fully saturated rings. The van der Waals surface area contributed by atoms with Crippen LogP contribution in [0.3, 0.4) is 0 Å². The summed E-state index contributed by atoms with van der Waals surface area (Å²) in [6.07, 6.45) is 2.34. The number of nitrogens with one attached hydrogen (secondary N) is 2. The van der Waals surface area contributed by atoms with Crippen LogP contribution in [0.2, 0.25) is 0 Å². The van der Waals surface area contributed by atoms with Crippen LogP contribution in [0.4, 0.5) is 5.69 Å². The van der Waals surface area contributed by atoms with Crippen LogP contribution < -0.4 is 10.6 Å². The number of aromatic nitrogens is 3. The fraction of sp³-hybridized carbons (Fsp3) is 0.0968. The number of anilines is 1. The first-order valence-electron chi connectivity index (χ1n) is 13.0. The minimum Gasteiger partial charge on any atom is -0.352 e. The maximum atomic E-state index is 13.2. The Morgan fingerprint density at radius 3 is 2.41 bits per heavy atom. The van der Waals surface area contributed by atoms with E-state index in [0.717, 1.165) is 22.4 Å². The standard InChI is InChI=1S/C31H25N5O4S/c37-30(24-14-15-29-26(18-24)34-31(38)25-8-4-5-9-28(25)41(29,39)40)32-17-16-21-10-12-23(13-11-21)27-19-33-35-36(27)20-22-6-2-1-3-7-22/h1-15,18-19H,16-17,20H2,(H,32,37)(H,34,38). The minimum absolute atomic E-state index is 0.0484. The largest absolute Gasteiger partial charge is 0.352 e. The van der Waals surface area contributed by atoms with Gasteiger partial charge in [0.25, 0.3) is 11.8 Å². The van der Waals surface area contributed by atoms with Crippen LogP contribution in [-0.4, -0.2) is 41.8 Å². The average molecular weight is 564 g/mol. The number of benzene rings is 4. The molecule has 1 aromatic heterocycles. The highest BCUT2D eigenvalue weighted by molar-refractivity contribution is 7.91. The molecule has 2 amide bonds. The van der Waals surface area contributed by atoms with Gasteiger partial charge in [0.2, 0.25) is 9.84 Å². The van der Waals surface area contributed by atoms with E-state index in [4.69, 9.17) is 0 Å². The van der Waals surface area contributed by atoms with Crippen LogP contribution in [-0.2, 0) is 22.8 Å². The van der Waals surface area contributed by atoms with E-state index in [1.165, 1.54) is 30.3 Å². The summed E-state index contributed by atoms with van der Waals surface area (Å²) in [4.78, 5) is 25.4. The molecule has 0 saturated carbocycles. The van der Waals surface area contributed by atoms with Crippen LogP contribution >= 0.6 is 0 Å². The average Bonchev–Trinajstić information content (AvgIpc) is 3.43. The summed E-state index contributed by atoms with van der Waals surface area (Å²) in [6.45, 7) is 0.994. The number of carbonyl (C=O) groups excluding carboxylic acids is 2. The molecule has 2 N–H and O–H groups in total. The summed E-state index contributed by atoms with van der Waals surface area (Å²) in [5.41, 5.74) is 4.47. The van der Waals surface area contributed by atoms with Crippen LogP contribution in [0.1, 0.15) is 31.8 Å². The fourth-order valence-corrected chi connectivity index (χ4v) is 6.41. The normalized spacial score (nSPS) is 13.4. The molecule has 0 saturated heterocycles. The maximum absolute atomic E-state index is 13.2. The van der Waals surface area contributed by atoms with Crippen molar-refractivity contribution in [3.05, 3.63) is 126 Å². The summed E-state index contributed by atoms with van der Waals surface area (Å²) in [6, 6.07) is 28.3. The van der Waals surface area contributed by atoms with E-state index in [9.17, 15) is 18.0 Å². The van der Waals surface area contributed by atoms with Gasteiger partial charge in [-0.05, 0) is 47.9 Å². The molecular weight excluding hydrogens is 538 g/mol. The first-order chi connectivity index (χ1) is 19.9. The van der Waals surface area contributed by atoms with Crippen molar-refractivity contribution in [3.8, 4) is 11.3 Å². The van der Waals surface area contributed by atoms with Gasteiger partial charge in [0.1, 0.15) is 0 Å². The SMILES string of the molecule is O=C(NCCc1ccc(-c2cnnn2Cc2ccccc2)cc1)c1ccc2c(c1)NC(=O)c1ccccc1S2(=O)=O. The highest BCUT2D eigenvalue weighted by Gasteiger charge is 2.31. The number of fused-ring (bicyclic) bond motifs is 2. The summed E-state index contributed by atoms with van der Waals surface area (Å²) < 4.78 is 28.2. The lowest BCUT2D eigenvalue weighted by Crippen LogP contribution is -2.26. The van der Waals surface area contributed by atoms with Crippen molar-refractivity contribution in [1.29, 1.82) is 0 Å². The topological polar surface area (TPSA) is 123 Å². The van der Waals surface area contributed by atoms with E-state index in [-0.39, 0.29) is 32.5 Å². The molecule has 204 valence electrons. The number of nitrogens with zero attached hydrogens (tertiary/aromatic N) is 3. The van der Waals surface area contributed by atoms with Crippen LogP contribution in [0.5, 0.6) is 0 Å². The third kappa shape index (κ3) is 5.24. The Balaban J connectivity index is 1.10. The summed E-state index contributed by atoms with van der Waals surface area (Å²) >= 11 is 0. The zero-order chi connectivity index (χ0) is 28.4. The minimum atomic E-state index is -3.93. The zero-order valence-corrected chi connectivity index (χ0v) is 22.6. The van der Waals surface area contributed by atoms with Crippen molar-refractivity contribution in [2.24, 2.45) is 0 Å². The molecule has 0 atom stereocenters. The lowest BCUT2D eigenvalue weighted by atomic mass is 10.1. The van der Waals surface area contributed by atoms with Gasteiger partial charge >= 0.3 is 0 Å². The molecular formula is C31H25N5O4S. The third-order valence-electron chi connectivity index (χ3n) is 6.94. The second-order valence-electron chi connectivity index (χ2n) is 9.63. The quantitative estimate of drug-likeness (QED) is 0.303. The molecule has 4 aromatic carbocycles. The van der Waals surface area contributed by atoms with Crippen molar-refractivity contribution >= 4 is 27.3 Å². The summed E-state index contributed by atoms with van der Waals surface area (Å²) in [7, 11) is -3.93. The molecule has 0 unspecified atom stereocenters. The maximum Gasteiger partial charge on any atom is 0.257 e. The molecule has 9 nitrogen and oxygen atoms in total. The Morgan fingerprint density at radius 2 is 1.61 bits per heavy atom. The number of carbonyl (C=O) groups is 2. The zero-order valence-electron chi connectivity index (χ0n) is 21.8. The number of hydrogen-bond acceptors (Lipinski definition) is 6. The molecule has 1 aliphatic rings. The molecule has 2 heterocycles. The summed E-state index contributed by atoms with van der Waals surface area (Å²) in [5.74, 6) is -0.906. The molecule has 0 radical (unpaired) electrons. The van der Waals surface area contributed by atoms with Crippen molar-refractivity contribution in [1.82, 2.24) is 20.3 Å². The van der Waals surface area contributed by atoms with Gasteiger partial charge in [0.05, 0.1) is 39.5 Å². The third-order valence-corrected chi connectivity index (χ3v) is 8.81. The molecule has 1 aliphatic heterocycles. The second-order valence-corrected chi connectivity index (χ2v) is 11.5. The van der Waals surface area contributed by atoms with Gasteiger partial charge in [-0.3, -0.25) is 9.59 Å². The molecule has 6 rings (SSSR count). The van der Waals surface area contributed by atoms with Gasteiger partial charge in [0.15, 0.2) is 0 Å². The van der Waals surface area contributed by atoms with E-state index in [2.05, 4.69) is 20.9 Å². The molecule has 0 aliphatic carbocycles. The number of rotatable bonds is 7. The Kier molecular flexibility index (Phi) is 6.90. The Hall–Kier alpha value is -5.09. The van der Waals surface area contributed by atoms with Gasteiger partial charge in [-0.15, -0.1) is 5.10 Å². The molecule has 41 heavy (non-hydrogen) atoms. The smallest absolute Gasteiger partial charge is 0.257 e. The molecule has 10 heteroatoms. The van der Waals surface area contributed by atoms with E-state index in [1.807, 2.05) is 59.3 Å². The first kappa shape index (κ1) is 26.1. The molecule has 0 bridgehead atoms. The van der Waals surface area contributed by atoms with E-state index >= 15 is 0 Å². The lowest BCUT2D eigenvalue weighted by molar-refractivity contribution is 0.0952. The number of amides is 2. The van der Waals surface area contributed by atoms with Crippen molar-refractivity contribution < 1.29 is 18.0 Å². The van der Waals surface area contributed by atoms with Gasteiger partial charge in [0, 0.05) is 17.7 Å². The Bertz CT molecular complexity index is 1870. The Morgan fingerprint density at radius 1 is 0.854 bits per heavy atom. The van der Waals surface area contributed by atoms with Crippen LogP contribution in [0.15, 0.2) is 113 Å². The van der Waals surface area contributed by atoms with Crippen LogP contribution in [0.25, 0.3) is 11.3 Å². The number of sulfone groups is 1. The van der Waals surface area contributed by atoms with Gasteiger partial charge < -0.3 is 10.6 Å². The van der Waals surface area contributed by atoms with Gasteiger partial charge in [-0.25, -0.2) is 13.1 Å². The van der Waals surface area contributed by atoms with E-state index < -0.39 is 15.7 Å². The van der Waals surface area contributed by atoms with E-state index in [0.29, 0.717) is 19.5 Å². The lowest BCUT2D eigenvalue weighted by Gasteiger charge is -2.11. The van der Waals surface area contributed by atoms with Crippen molar-refractivity contribution in [2.45, 2.75) is 22.8 Å². The first-order valence-corrected chi connectivity index (χ1v) is 14.5. The highest BCUT2D eigenvalue weighted by Crippen LogP contribution is 2.34. The van der Waals surface area contributed by atoms with Crippen molar-refractivity contribution in [3.63, 3.8) is 0 Å². The summed E-state index contributed by atoms with van der Waals surface area (Å²) in [5, 5.41) is 13.8. The van der Waals surface area contributed by atoms with Gasteiger partial charge in [-0.2, -0.15) is 0 Å². The molecule has 0 spiro atoms. The fourth-order valence-electron chi connectivity index (χ4n) is 4.82. The van der Waals surface area contributed by atoms with Crippen LogP contribution in [0, 0.1) is 0 Å². The second kappa shape index (κ2) is 10.8. The monoisotopic (exact) mass is 563 g/mol. The predicted octanol–water partition coefficient (Wildman–Crippen LogP) is 4.36. The van der Waals surface area contributed by atoms with E-state index in [1.54, 1.807) is 18.3 Å². The Labute approximate surface area is 236 Å². The predicted molar refractivity (Wildman–Crippen MR) is 153 cm³/mol.